The molecule has 0 N–H and O–H groups in total. The normalized spacial score (nSPS) is 15.4. The predicted octanol–water partition coefficient (Wildman–Crippen LogP) is 4.52. The molecule has 0 saturated carbocycles. The highest BCUT2D eigenvalue weighted by molar-refractivity contribution is 7.95. The van der Waals surface area contributed by atoms with Crippen LogP contribution in [0.2, 0.25) is 0 Å². The minimum Gasteiger partial charge on any atom is -0.372 e. The summed E-state index contributed by atoms with van der Waals surface area (Å²) >= 11 is 0. The van der Waals surface area contributed by atoms with Gasteiger partial charge in [-0.2, -0.15) is 18.4 Å². The first-order chi connectivity index (χ1) is 16.1. The Morgan fingerprint density at radius 3 is 2.35 bits per heavy atom. The van der Waals surface area contributed by atoms with Crippen molar-refractivity contribution >= 4 is 26.4 Å². The molecule has 0 amide bonds. The number of fused-ring (bicyclic) bond motifs is 1. The minimum absolute atomic E-state index is 0.0275. The molecule has 1 fully saturated rings. The summed E-state index contributed by atoms with van der Waals surface area (Å²) in [4.78, 5) is 6.98. The Kier molecular flexibility index (Phi) is 6.23. The molecular formula is C24H21F3N4O2S. The molecule has 4 rings (SSSR count). The molecule has 3 aromatic rings. The number of piperazine rings is 1. The van der Waals surface area contributed by atoms with Crippen LogP contribution in [-0.2, 0) is 16.0 Å². The van der Waals surface area contributed by atoms with Crippen molar-refractivity contribution in [2.24, 2.45) is 0 Å². The molecule has 176 valence electrons. The van der Waals surface area contributed by atoms with Gasteiger partial charge in [-0.1, -0.05) is 29.8 Å². The van der Waals surface area contributed by atoms with Crippen LogP contribution in [0.1, 0.15) is 11.3 Å². The first kappa shape index (κ1) is 23.6. The van der Waals surface area contributed by atoms with Gasteiger partial charge in [0.25, 0.3) is 0 Å². The molecule has 2 heterocycles. The number of sulfone groups is 1. The van der Waals surface area contributed by atoms with Gasteiger partial charge < -0.3 is 9.80 Å². The summed E-state index contributed by atoms with van der Waals surface area (Å²) in [6.45, 7) is 3.25. The number of benzene rings is 2. The van der Waals surface area contributed by atoms with Gasteiger partial charge in [0.1, 0.15) is 11.8 Å². The molecule has 1 saturated heterocycles. The highest BCUT2D eigenvalue weighted by atomic mass is 32.2. The zero-order valence-corrected chi connectivity index (χ0v) is 19.1. The van der Waals surface area contributed by atoms with Gasteiger partial charge in [-0.15, -0.1) is 0 Å². The maximum Gasteiger partial charge on any atom is 0.433 e. The lowest BCUT2D eigenvalue weighted by molar-refractivity contribution is -0.140. The van der Waals surface area contributed by atoms with Gasteiger partial charge in [0, 0.05) is 43.5 Å². The largest absolute Gasteiger partial charge is 0.433 e. The summed E-state index contributed by atoms with van der Waals surface area (Å²) in [5.74, 6) is 0. The average Bonchev–Trinajstić information content (AvgIpc) is 2.82. The third-order valence-electron chi connectivity index (χ3n) is 5.64. The summed E-state index contributed by atoms with van der Waals surface area (Å²) in [6.07, 6.45) is -3.26. The molecule has 0 unspecified atom stereocenters. The van der Waals surface area contributed by atoms with Crippen LogP contribution in [-0.4, -0.2) is 44.5 Å². The lowest BCUT2D eigenvalue weighted by Crippen LogP contribution is -2.44. The maximum absolute atomic E-state index is 13.5. The van der Waals surface area contributed by atoms with E-state index >= 15 is 0 Å². The zero-order chi connectivity index (χ0) is 24.5. The number of hydrogen-bond acceptors (Lipinski definition) is 6. The fourth-order valence-electron chi connectivity index (χ4n) is 3.87. The van der Waals surface area contributed by atoms with Crippen molar-refractivity contribution in [3.63, 3.8) is 0 Å². The van der Waals surface area contributed by atoms with Crippen molar-refractivity contribution in [2.45, 2.75) is 18.0 Å². The van der Waals surface area contributed by atoms with Crippen LogP contribution >= 0.6 is 0 Å². The molecule has 1 aliphatic rings. The fraction of sp³-hybridized carbons (Fsp3) is 0.250. The lowest BCUT2D eigenvalue weighted by atomic mass is 10.1. The van der Waals surface area contributed by atoms with Gasteiger partial charge in [0.15, 0.2) is 4.91 Å². The number of pyridine rings is 1. The quantitative estimate of drug-likeness (QED) is 0.505. The van der Waals surface area contributed by atoms with Gasteiger partial charge in [-0.05, 0) is 37.3 Å². The number of alkyl halides is 3. The van der Waals surface area contributed by atoms with Gasteiger partial charge in [0.2, 0.25) is 9.84 Å². The van der Waals surface area contributed by atoms with Gasteiger partial charge in [-0.25, -0.2) is 13.4 Å². The third-order valence-corrected chi connectivity index (χ3v) is 7.31. The van der Waals surface area contributed by atoms with Crippen molar-refractivity contribution in [3.05, 3.63) is 77.0 Å². The Morgan fingerprint density at radius 2 is 1.74 bits per heavy atom. The van der Waals surface area contributed by atoms with Crippen molar-refractivity contribution < 1.29 is 21.6 Å². The first-order valence-corrected chi connectivity index (χ1v) is 12.0. The van der Waals surface area contributed by atoms with Crippen LogP contribution in [0.3, 0.4) is 0 Å². The van der Waals surface area contributed by atoms with E-state index in [-0.39, 0.29) is 15.3 Å². The van der Waals surface area contributed by atoms with Gasteiger partial charge in [-0.3, -0.25) is 0 Å². The van der Waals surface area contributed by atoms with Crippen molar-refractivity contribution in [1.82, 2.24) is 9.88 Å². The van der Waals surface area contributed by atoms with Crippen molar-refractivity contribution in [1.29, 1.82) is 5.26 Å². The summed E-state index contributed by atoms with van der Waals surface area (Å²) < 4.78 is 65.9. The second-order valence-corrected chi connectivity index (χ2v) is 9.91. The smallest absolute Gasteiger partial charge is 0.372 e. The SMILES string of the molecule is Cc1ccc2nc(C(F)(F)F)cc(N3CCN(/C=C(/C#N)S(=O)(=O)c4ccccc4)CC3)c2c1. The summed E-state index contributed by atoms with van der Waals surface area (Å²) in [5, 5.41) is 10.1. The average molecular weight is 487 g/mol. The molecule has 6 nitrogen and oxygen atoms in total. The van der Waals surface area contributed by atoms with Crippen LogP contribution in [0.25, 0.3) is 10.9 Å². The Morgan fingerprint density at radius 1 is 1.06 bits per heavy atom. The molecule has 0 atom stereocenters. The van der Waals surface area contributed by atoms with E-state index in [1.54, 1.807) is 41.3 Å². The summed E-state index contributed by atoms with van der Waals surface area (Å²) in [7, 11) is -3.96. The third kappa shape index (κ3) is 4.70. The zero-order valence-electron chi connectivity index (χ0n) is 18.2. The van der Waals surface area contributed by atoms with E-state index in [1.165, 1.54) is 18.3 Å². The van der Waals surface area contributed by atoms with E-state index < -0.39 is 21.7 Å². The standard InChI is InChI=1S/C24H21F3N4O2S/c1-17-7-8-21-20(13-17)22(14-23(29-21)24(25,26)27)31-11-9-30(10-12-31)16-19(15-28)34(32,33)18-5-3-2-4-6-18/h2-8,13-14,16H,9-12H2,1H3/b19-16-. The lowest BCUT2D eigenvalue weighted by Gasteiger charge is -2.36. The summed E-state index contributed by atoms with van der Waals surface area (Å²) in [5.41, 5.74) is 0.643. The van der Waals surface area contributed by atoms with E-state index in [2.05, 4.69) is 4.98 Å². The Balaban J connectivity index is 1.61. The number of hydrogen-bond donors (Lipinski definition) is 0. The second kappa shape index (κ2) is 8.99. The topological polar surface area (TPSA) is 77.3 Å². The van der Waals surface area contributed by atoms with Crippen molar-refractivity contribution in [3.8, 4) is 6.07 Å². The Bertz CT molecular complexity index is 1390. The van der Waals surface area contributed by atoms with Crippen molar-refractivity contribution in [2.75, 3.05) is 31.1 Å². The Labute approximate surface area is 195 Å². The van der Waals surface area contributed by atoms with Crippen LogP contribution in [0.4, 0.5) is 18.9 Å². The number of aryl methyl sites for hydroxylation is 1. The number of nitriles is 1. The Hall–Kier alpha value is -3.58. The number of allylic oxidation sites excluding steroid dienone is 1. The molecule has 10 heteroatoms. The summed E-state index contributed by atoms with van der Waals surface area (Å²) in [6, 6.07) is 15.6. The monoisotopic (exact) mass is 486 g/mol. The predicted molar refractivity (Wildman–Crippen MR) is 123 cm³/mol. The molecule has 0 bridgehead atoms. The molecule has 0 spiro atoms. The van der Waals surface area contributed by atoms with E-state index in [0.29, 0.717) is 37.3 Å². The van der Waals surface area contributed by atoms with Crippen LogP contribution in [0.15, 0.2) is 70.6 Å². The molecule has 0 aliphatic carbocycles. The number of aromatic nitrogens is 1. The van der Waals surface area contributed by atoms with E-state index in [9.17, 15) is 26.9 Å². The molecule has 0 radical (unpaired) electrons. The highest BCUT2D eigenvalue weighted by Crippen LogP contribution is 2.35. The highest BCUT2D eigenvalue weighted by Gasteiger charge is 2.34. The number of nitrogens with zero attached hydrogens (tertiary/aromatic N) is 4. The second-order valence-electron chi connectivity index (χ2n) is 7.99. The molecule has 2 aromatic carbocycles. The van der Waals surface area contributed by atoms with E-state index in [1.807, 2.05) is 17.9 Å². The maximum atomic E-state index is 13.5. The number of rotatable bonds is 4. The van der Waals surface area contributed by atoms with E-state index in [0.717, 1.165) is 11.6 Å². The van der Waals surface area contributed by atoms with Gasteiger partial charge in [0.05, 0.1) is 10.4 Å². The van der Waals surface area contributed by atoms with Crippen LogP contribution in [0.5, 0.6) is 0 Å². The molecule has 34 heavy (non-hydrogen) atoms. The number of halogens is 3. The van der Waals surface area contributed by atoms with Crippen LogP contribution in [0, 0.1) is 18.3 Å². The first-order valence-electron chi connectivity index (χ1n) is 10.5. The molecule has 1 aromatic heterocycles. The fourth-order valence-corrected chi connectivity index (χ4v) is 5.05. The van der Waals surface area contributed by atoms with E-state index in [4.69, 9.17) is 0 Å². The molecule has 1 aliphatic heterocycles. The molecular weight excluding hydrogens is 465 g/mol. The van der Waals surface area contributed by atoms with Crippen LogP contribution < -0.4 is 4.90 Å². The minimum atomic E-state index is -4.58. The number of anilines is 1. The van der Waals surface area contributed by atoms with Gasteiger partial charge >= 0.3 is 6.18 Å².